The predicted octanol–water partition coefficient (Wildman–Crippen LogP) is 5.83. The number of halogens is 2. The Balaban J connectivity index is 1.34. The van der Waals surface area contributed by atoms with Gasteiger partial charge in [-0.25, -0.2) is 9.78 Å². The highest BCUT2D eigenvalue weighted by Gasteiger charge is 2.13. The van der Waals surface area contributed by atoms with Gasteiger partial charge in [-0.15, -0.1) is 0 Å². The summed E-state index contributed by atoms with van der Waals surface area (Å²) in [5.74, 6) is 0.212. The van der Waals surface area contributed by atoms with E-state index in [1.807, 2.05) is 47.0 Å². The number of carbonyl (C=O) groups is 2. The molecule has 9 heteroatoms. The first-order valence-electron chi connectivity index (χ1n) is 11.1. The number of aromatic nitrogens is 2. The third kappa shape index (κ3) is 5.83. The molecule has 2 aromatic carbocycles. The summed E-state index contributed by atoms with van der Waals surface area (Å²) >= 11 is 9.97. The number of fused-ring (bicyclic) bond motifs is 1. The van der Waals surface area contributed by atoms with Crippen molar-refractivity contribution < 1.29 is 14.3 Å². The number of methoxy groups -OCH3 is 1. The van der Waals surface area contributed by atoms with Crippen molar-refractivity contribution in [3.63, 3.8) is 0 Å². The van der Waals surface area contributed by atoms with Crippen LogP contribution in [0.1, 0.15) is 33.6 Å². The highest BCUT2D eigenvalue weighted by molar-refractivity contribution is 9.10. The van der Waals surface area contributed by atoms with Crippen LogP contribution in [0.2, 0.25) is 5.02 Å². The second-order valence-electron chi connectivity index (χ2n) is 7.83. The van der Waals surface area contributed by atoms with Gasteiger partial charge in [-0.05, 0) is 59.1 Å². The Morgan fingerprint density at radius 1 is 1.03 bits per heavy atom. The molecule has 0 saturated heterocycles. The number of hydrogen-bond donors (Lipinski definition) is 2. The molecule has 0 unspecified atom stereocenters. The third-order valence-electron chi connectivity index (χ3n) is 5.46. The van der Waals surface area contributed by atoms with Crippen LogP contribution in [-0.2, 0) is 4.74 Å². The molecule has 0 aliphatic rings. The molecule has 0 radical (unpaired) electrons. The predicted molar refractivity (Wildman–Crippen MR) is 141 cm³/mol. The molecule has 0 fully saturated rings. The molecule has 1 amide bonds. The van der Waals surface area contributed by atoms with Gasteiger partial charge >= 0.3 is 5.97 Å². The average Bonchev–Trinajstić information content (AvgIpc) is 3.26. The summed E-state index contributed by atoms with van der Waals surface area (Å²) in [5, 5.41) is 7.01. The van der Waals surface area contributed by atoms with E-state index in [1.54, 1.807) is 18.2 Å². The third-order valence-corrected chi connectivity index (χ3v) is 6.41. The summed E-state index contributed by atoms with van der Waals surface area (Å²) in [4.78, 5) is 28.8. The van der Waals surface area contributed by atoms with Crippen molar-refractivity contribution in [3.05, 3.63) is 87.5 Å². The van der Waals surface area contributed by atoms with Crippen LogP contribution >= 0.6 is 27.5 Å². The SMILES string of the molecule is COC(=O)c1cccc(C(=O)NCCCCNc2cc(-c3ccccc3Cl)nc3c(Br)ccn23)c1. The van der Waals surface area contributed by atoms with Crippen molar-refractivity contribution in [1.29, 1.82) is 0 Å². The van der Waals surface area contributed by atoms with Crippen molar-refractivity contribution in [3.8, 4) is 11.3 Å². The summed E-state index contributed by atoms with van der Waals surface area (Å²) in [5.41, 5.74) is 3.22. The lowest BCUT2D eigenvalue weighted by Crippen LogP contribution is -2.25. The number of anilines is 1. The average molecular weight is 556 g/mol. The van der Waals surface area contributed by atoms with E-state index in [0.29, 0.717) is 29.2 Å². The fourth-order valence-corrected chi connectivity index (χ4v) is 4.30. The summed E-state index contributed by atoms with van der Waals surface area (Å²) in [6.45, 7) is 1.24. The maximum atomic E-state index is 12.4. The molecule has 0 spiro atoms. The molecule has 0 aliphatic heterocycles. The number of nitrogens with one attached hydrogen (secondary N) is 2. The summed E-state index contributed by atoms with van der Waals surface area (Å²) in [6, 6.07) is 18.0. The zero-order chi connectivity index (χ0) is 24.8. The molecule has 35 heavy (non-hydrogen) atoms. The van der Waals surface area contributed by atoms with Gasteiger partial charge in [-0.1, -0.05) is 35.9 Å². The van der Waals surface area contributed by atoms with Gasteiger partial charge in [-0.3, -0.25) is 9.20 Å². The van der Waals surface area contributed by atoms with Gasteiger partial charge in [0.05, 0.1) is 22.8 Å². The van der Waals surface area contributed by atoms with Gasteiger partial charge in [0.1, 0.15) is 5.82 Å². The number of nitrogens with zero attached hydrogens (tertiary/aromatic N) is 2. The number of esters is 1. The van der Waals surface area contributed by atoms with Crippen molar-refractivity contribution in [2.75, 3.05) is 25.5 Å². The second kappa shape index (κ2) is 11.4. The minimum Gasteiger partial charge on any atom is -0.465 e. The second-order valence-corrected chi connectivity index (χ2v) is 9.09. The minimum atomic E-state index is -0.469. The van der Waals surface area contributed by atoms with E-state index in [2.05, 4.69) is 26.6 Å². The number of amides is 1. The van der Waals surface area contributed by atoms with Crippen LogP contribution in [0.3, 0.4) is 0 Å². The quantitative estimate of drug-likeness (QED) is 0.201. The van der Waals surface area contributed by atoms with Crippen LogP contribution < -0.4 is 10.6 Å². The Labute approximate surface area is 216 Å². The Hall–Kier alpha value is -3.36. The Morgan fingerprint density at radius 3 is 2.60 bits per heavy atom. The largest absolute Gasteiger partial charge is 0.465 e. The van der Waals surface area contributed by atoms with Crippen molar-refractivity contribution in [2.24, 2.45) is 0 Å². The summed E-state index contributed by atoms with van der Waals surface area (Å²) in [6.07, 6.45) is 3.58. The van der Waals surface area contributed by atoms with E-state index < -0.39 is 5.97 Å². The lowest BCUT2D eigenvalue weighted by Gasteiger charge is -2.13. The normalized spacial score (nSPS) is 10.8. The molecule has 4 rings (SSSR count). The van der Waals surface area contributed by atoms with Gasteiger partial charge in [0.2, 0.25) is 0 Å². The number of unbranched alkanes of at least 4 members (excludes halogenated alkanes) is 1. The smallest absolute Gasteiger partial charge is 0.337 e. The molecule has 2 heterocycles. The number of carbonyl (C=O) groups excluding carboxylic acids is 2. The number of hydrogen-bond acceptors (Lipinski definition) is 5. The lowest BCUT2D eigenvalue weighted by atomic mass is 10.1. The first-order chi connectivity index (χ1) is 17.0. The molecular formula is C26H24BrClN4O3. The Bertz CT molecular complexity index is 1370. The molecule has 4 aromatic rings. The first kappa shape index (κ1) is 24.8. The van der Waals surface area contributed by atoms with Crippen LogP contribution in [0.15, 0.2) is 71.3 Å². The Kier molecular flexibility index (Phi) is 8.05. The van der Waals surface area contributed by atoms with E-state index in [1.165, 1.54) is 13.2 Å². The van der Waals surface area contributed by atoms with E-state index in [9.17, 15) is 9.59 Å². The number of rotatable bonds is 9. The summed E-state index contributed by atoms with van der Waals surface area (Å²) < 4.78 is 7.59. The van der Waals surface area contributed by atoms with Gasteiger partial charge in [0.25, 0.3) is 5.91 Å². The minimum absolute atomic E-state index is 0.221. The number of ether oxygens (including phenoxy) is 1. The standard InChI is InChI=1S/C26H24BrClN4O3/c1-35-26(34)18-8-6-7-17(15-18)25(33)30-13-5-4-12-29-23-16-22(19-9-2-3-10-21(19)28)31-24-20(27)11-14-32(23)24/h2-3,6-11,14-16,29H,4-5,12-13H2,1H3,(H,30,33). The molecular weight excluding hydrogens is 532 g/mol. The molecule has 0 saturated carbocycles. The highest BCUT2D eigenvalue weighted by atomic mass is 79.9. The van der Waals surface area contributed by atoms with Crippen LogP contribution in [0.4, 0.5) is 5.82 Å². The zero-order valence-electron chi connectivity index (χ0n) is 19.1. The maximum Gasteiger partial charge on any atom is 0.337 e. The first-order valence-corrected chi connectivity index (χ1v) is 12.3. The van der Waals surface area contributed by atoms with Crippen molar-refractivity contribution in [2.45, 2.75) is 12.8 Å². The van der Waals surface area contributed by atoms with Gasteiger partial charge in [-0.2, -0.15) is 0 Å². The topological polar surface area (TPSA) is 84.7 Å². The summed E-state index contributed by atoms with van der Waals surface area (Å²) in [7, 11) is 1.31. The fraction of sp³-hybridized carbons (Fsp3) is 0.192. The molecule has 7 nitrogen and oxygen atoms in total. The lowest BCUT2D eigenvalue weighted by molar-refractivity contribution is 0.0600. The van der Waals surface area contributed by atoms with Crippen molar-refractivity contribution in [1.82, 2.24) is 14.7 Å². The van der Waals surface area contributed by atoms with E-state index >= 15 is 0 Å². The monoisotopic (exact) mass is 554 g/mol. The molecule has 0 atom stereocenters. The van der Waals surface area contributed by atoms with Crippen LogP contribution in [0.5, 0.6) is 0 Å². The Morgan fingerprint density at radius 2 is 1.80 bits per heavy atom. The fourth-order valence-electron chi connectivity index (χ4n) is 3.67. The van der Waals surface area contributed by atoms with E-state index in [-0.39, 0.29) is 5.91 Å². The molecule has 0 bridgehead atoms. The van der Waals surface area contributed by atoms with Crippen LogP contribution in [0.25, 0.3) is 16.9 Å². The van der Waals surface area contributed by atoms with Gasteiger partial charge in [0.15, 0.2) is 5.65 Å². The molecule has 0 aliphatic carbocycles. The van der Waals surface area contributed by atoms with Crippen LogP contribution in [-0.4, -0.2) is 41.5 Å². The van der Waals surface area contributed by atoms with Crippen LogP contribution in [0, 0.1) is 0 Å². The molecule has 2 N–H and O–H groups in total. The van der Waals surface area contributed by atoms with Gasteiger partial charge < -0.3 is 15.4 Å². The van der Waals surface area contributed by atoms with E-state index in [4.69, 9.17) is 21.3 Å². The number of benzene rings is 2. The molecule has 2 aromatic heterocycles. The van der Waals surface area contributed by atoms with Crippen molar-refractivity contribution >= 4 is 50.9 Å². The zero-order valence-corrected chi connectivity index (χ0v) is 21.4. The van der Waals surface area contributed by atoms with E-state index in [0.717, 1.165) is 40.0 Å². The molecule has 180 valence electrons. The van der Waals surface area contributed by atoms with Gasteiger partial charge in [0, 0.05) is 41.5 Å². The maximum absolute atomic E-state index is 12.4. The highest BCUT2D eigenvalue weighted by Crippen LogP contribution is 2.30.